The molecule has 0 aliphatic carbocycles. The Hall–Kier alpha value is -1.16. The lowest BCUT2D eigenvalue weighted by molar-refractivity contribution is 0.420. The minimum atomic E-state index is -5.13. The van der Waals surface area contributed by atoms with E-state index in [9.17, 15) is 25.9 Å². The van der Waals surface area contributed by atoms with Crippen LogP contribution in [0.15, 0.2) is 24.3 Å². The van der Waals surface area contributed by atoms with Gasteiger partial charge in [0.25, 0.3) is 20.2 Å². The van der Waals surface area contributed by atoms with Crippen LogP contribution < -0.4 is 5.73 Å². The van der Waals surface area contributed by atoms with Crippen molar-refractivity contribution in [1.82, 2.24) is 0 Å². The number of nitrogen functional groups attached to an aromatic ring is 1. The van der Waals surface area contributed by atoms with Gasteiger partial charge in [0.15, 0.2) is 0 Å². The summed E-state index contributed by atoms with van der Waals surface area (Å²) in [5.74, 6) is 0. The molecular weight excluding hydrogens is 282 g/mol. The van der Waals surface area contributed by atoms with E-state index < -0.39 is 30.7 Å². The third-order valence-electron chi connectivity index (χ3n) is 2.67. The molecule has 0 aromatic heterocycles. The zero-order valence-corrected chi connectivity index (χ0v) is 11.1. The highest BCUT2D eigenvalue weighted by Crippen LogP contribution is 2.41. The predicted octanol–water partition coefficient (Wildman–Crippen LogP) is 0.607. The van der Waals surface area contributed by atoms with E-state index in [0.717, 1.165) is 6.07 Å². The van der Waals surface area contributed by atoms with E-state index in [-0.39, 0.29) is 11.3 Å². The van der Waals surface area contributed by atoms with Gasteiger partial charge in [0, 0.05) is 11.3 Å². The van der Waals surface area contributed by atoms with Crippen molar-refractivity contribution in [2.75, 3.05) is 5.73 Å². The van der Waals surface area contributed by atoms with E-state index in [1.165, 1.54) is 25.1 Å². The highest BCUT2D eigenvalue weighted by molar-refractivity contribution is 8.04. The molecule has 0 aliphatic heterocycles. The molecule has 18 heavy (non-hydrogen) atoms. The van der Waals surface area contributed by atoms with Crippen LogP contribution in [0.4, 0.5) is 5.69 Å². The van der Waals surface area contributed by atoms with E-state index >= 15 is 0 Å². The predicted molar refractivity (Wildman–Crippen MR) is 65.9 cm³/mol. The molecule has 0 fully saturated rings. The molecule has 0 amide bonds. The minimum Gasteiger partial charge on any atom is -0.398 e. The molecule has 0 spiro atoms. The molecule has 0 saturated carbocycles. The lowest BCUT2D eigenvalue weighted by Gasteiger charge is -2.27. The molecule has 102 valence electrons. The molecule has 0 bridgehead atoms. The lowest BCUT2D eigenvalue weighted by Crippen LogP contribution is -2.43. The maximum Gasteiger partial charge on any atom is 0.292 e. The molecule has 1 rings (SSSR count). The molecule has 4 N–H and O–H groups in total. The van der Waals surface area contributed by atoms with E-state index in [1.54, 1.807) is 0 Å². The maximum atomic E-state index is 11.4. The van der Waals surface area contributed by atoms with E-state index in [2.05, 4.69) is 0 Å². The van der Waals surface area contributed by atoms with Gasteiger partial charge < -0.3 is 5.73 Å². The average molecular weight is 295 g/mol. The lowest BCUT2D eigenvalue weighted by atomic mass is 10.1. The summed E-state index contributed by atoms with van der Waals surface area (Å²) in [6, 6.07) is 5.22. The number of para-hydroxylation sites is 1. The van der Waals surface area contributed by atoms with Gasteiger partial charge in [-0.05, 0) is 12.5 Å². The Morgan fingerprint density at radius 2 is 1.56 bits per heavy atom. The second-order valence-electron chi connectivity index (χ2n) is 3.64. The Morgan fingerprint density at radius 1 is 1.11 bits per heavy atom. The van der Waals surface area contributed by atoms with Gasteiger partial charge in [-0.25, -0.2) is 0 Å². The Balaban J connectivity index is 3.86. The Morgan fingerprint density at radius 3 is 1.89 bits per heavy atom. The molecule has 1 aromatic rings. The van der Waals surface area contributed by atoms with Crippen LogP contribution in [-0.2, 0) is 24.3 Å². The Bertz CT molecular complexity index is 617. The Kier molecular flexibility index (Phi) is 3.73. The van der Waals surface area contributed by atoms with Crippen LogP contribution in [0.1, 0.15) is 18.9 Å². The summed E-state index contributed by atoms with van der Waals surface area (Å²) < 4.78 is 61.3. The zero-order valence-electron chi connectivity index (χ0n) is 9.44. The number of nitrogens with two attached hydrogens (primary N) is 1. The number of hydrogen-bond acceptors (Lipinski definition) is 5. The van der Waals surface area contributed by atoms with Crippen LogP contribution in [0.25, 0.3) is 0 Å². The summed E-state index contributed by atoms with van der Waals surface area (Å²) in [5.41, 5.74) is 4.99. The van der Waals surface area contributed by atoms with Gasteiger partial charge in [-0.3, -0.25) is 9.11 Å². The number of rotatable bonds is 4. The van der Waals surface area contributed by atoms with Crippen LogP contribution in [0.2, 0.25) is 0 Å². The maximum absolute atomic E-state index is 11.4. The zero-order chi connectivity index (χ0) is 14.2. The summed E-state index contributed by atoms with van der Waals surface area (Å²) in [7, 11) is -10.3. The van der Waals surface area contributed by atoms with Crippen molar-refractivity contribution in [2.45, 2.75) is 17.4 Å². The second-order valence-corrected chi connectivity index (χ2v) is 7.20. The fraction of sp³-hybridized carbons (Fsp3) is 0.333. The third-order valence-corrected chi connectivity index (χ3v) is 6.62. The number of anilines is 1. The molecule has 0 aliphatic rings. The second kappa shape index (κ2) is 4.50. The molecule has 7 nitrogen and oxygen atoms in total. The normalized spacial score (nSPS) is 13.5. The van der Waals surface area contributed by atoms with Crippen LogP contribution in [0, 0.1) is 0 Å². The van der Waals surface area contributed by atoms with E-state index in [0.29, 0.717) is 0 Å². The molecule has 1 aromatic carbocycles. The van der Waals surface area contributed by atoms with Crippen molar-refractivity contribution in [1.29, 1.82) is 0 Å². The fourth-order valence-corrected chi connectivity index (χ4v) is 4.53. The van der Waals surface area contributed by atoms with Gasteiger partial charge in [-0.1, -0.05) is 25.1 Å². The first-order valence-corrected chi connectivity index (χ1v) is 7.75. The van der Waals surface area contributed by atoms with Crippen LogP contribution in [0.5, 0.6) is 0 Å². The van der Waals surface area contributed by atoms with Gasteiger partial charge in [-0.2, -0.15) is 16.8 Å². The first-order valence-electron chi connectivity index (χ1n) is 4.87. The van der Waals surface area contributed by atoms with Crippen molar-refractivity contribution >= 4 is 25.9 Å². The van der Waals surface area contributed by atoms with Gasteiger partial charge in [-0.15, -0.1) is 0 Å². The number of benzene rings is 1. The van der Waals surface area contributed by atoms with Crippen molar-refractivity contribution in [3.63, 3.8) is 0 Å². The van der Waals surface area contributed by atoms with Crippen LogP contribution in [0.3, 0.4) is 0 Å². The fourth-order valence-electron chi connectivity index (χ4n) is 1.81. The molecular formula is C9H13NO6S2. The summed E-state index contributed by atoms with van der Waals surface area (Å²) in [5, 5.41) is 0. The largest absolute Gasteiger partial charge is 0.398 e. The molecule has 0 radical (unpaired) electrons. The van der Waals surface area contributed by atoms with Crippen molar-refractivity contribution < 1.29 is 25.9 Å². The van der Waals surface area contributed by atoms with Crippen molar-refractivity contribution in [3.8, 4) is 0 Å². The third kappa shape index (κ3) is 2.09. The SMILES string of the molecule is CCC(c1ccccc1N)(S(=O)(=O)O)S(=O)(=O)O. The standard InChI is InChI=1S/C9H13NO6S2/c1-2-9(17(11,12)13,18(14,15)16)7-5-3-4-6-8(7)10/h3-6H,2,10H2,1H3,(H,11,12,13)(H,14,15,16). The first-order chi connectivity index (χ1) is 8.08. The van der Waals surface area contributed by atoms with Crippen LogP contribution in [-0.4, -0.2) is 25.9 Å². The van der Waals surface area contributed by atoms with E-state index in [1.807, 2.05) is 0 Å². The Labute approximate surface area is 105 Å². The first kappa shape index (κ1) is 14.9. The molecule has 0 unspecified atom stereocenters. The van der Waals surface area contributed by atoms with Gasteiger partial charge in [0.2, 0.25) is 4.08 Å². The molecule has 0 heterocycles. The van der Waals surface area contributed by atoms with Gasteiger partial charge in [0.05, 0.1) is 0 Å². The van der Waals surface area contributed by atoms with Crippen molar-refractivity contribution in [3.05, 3.63) is 29.8 Å². The number of hydrogen-bond donors (Lipinski definition) is 3. The minimum absolute atomic E-state index is 0.158. The average Bonchev–Trinajstić information content (AvgIpc) is 2.18. The summed E-state index contributed by atoms with van der Waals surface area (Å²) in [6.07, 6.45) is -0.584. The quantitative estimate of drug-likeness (QED) is 0.547. The highest BCUT2D eigenvalue weighted by atomic mass is 32.3. The molecule has 0 atom stereocenters. The molecule has 9 heteroatoms. The highest BCUT2D eigenvalue weighted by Gasteiger charge is 2.55. The molecule has 0 saturated heterocycles. The van der Waals surface area contributed by atoms with Crippen LogP contribution >= 0.6 is 0 Å². The monoisotopic (exact) mass is 295 g/mol. The summed E-state index contributed by atoms with van der Waals surface area (Å²) in [4.78, 5) is 0. The van der Waals surface area contributed by atoms with Gasteiger partial charge >= 0.3 is 0 Å². The summed E-state index contributed by atoms with van der Waals surface area (Å²) in [6.45, 7) is 1.20. The smallest absolute Gasteiger partial charge is 0.292 e. The van der Waals surface area contributed by atoms with Gasteiger partial charge in [0.1, 0.15) is 0 Å². The van der Waals surface area contributed by atoms with Crippen molar-refractivity contribution in [2.24, 2.45) is 0 Å². The van der Waals surface area contributed by atoms with E-state index in [4.69, 9.17) is 5.73 Å². The topological polar surface area (TPSA) is 135 Å². The summed E-state index contributed by atoms with van der Waals surface area (Å²) >= 11 is 0.